The maximum atomic E-state index is 12.1. The molecule has 17 heavy (non-hydrogen) atoms. The van der Waals surface area contributed by atoms with Crippen LogP contribution in [-0.4, -0.2) is 21.7 Å². The highest BCUT2D eigenvalue weighted by atomic mass is 16.2. The molecule has 1 aliphatic carbocycles. The molecule has 3 N–H and O–H groups in total. The van der Waals surface area contributed by atoms with Crippen molar-refractivity contribution < 1.29 is 4.79 Å². The van der Waals surface area contributed by atoms with E-state index in [1.807, 2.05) is 20.0 Å². The van der Waals surface area contributed by atoms with Crippen molar-refractivity contribution in [1.29, 1.82) is 0 Å². The highest BCUT2D eigenvalue weighted by Crippen LogP contribution is 2.24. The summed E-state index contributed by atoms with van der Waals surface area (Å²) in [5.74, 6) is 0.564. The van der Waals surface area contributed by atoms with E-state index in [9.17, 15) is 4.79 Å². The fourth-order valence-corrected chi connectivity index (χ4v) is 2.33. The predicted molar refractivity (Wildman–Crippen MR) is 66.5 cm³/mol. The van der Waals surface area contributed by atoms with Crippen LogP contribution < -0.4 is 11.1 Å². The van der Waals surface area contributed by atoms with E-state index in [1.165, 1.54) is 0 Å². The molecule has 2 atom stereocenters. The lowest BCUT2D eigenvalue weighted by molar-refractivity contribution is -0.121. The van der Waals surface area contributed by atoms with Crippen LogP contribution in [0.25, 0.3) is 0 Å². The van der Waals surface area contributed by atoms with Gasteiger partial charge in [0.2, 0.25) is 5.91 Å². The zero-order chi connectivity index (χ0) is 12.4. The SMILES string of the molecule is Cc1cc(NC(=O)C2CCCCC2N)nn1C. The van der Waals surface area contributed by atoms with Crippen molar-refractivity contribution in [3.05, 3.63) is 11.8 Å². The average molecular weight is 236 g/mol. The Morgan fingerprint density at radius 3 is 2.82 bits per heavy atom. The van der Waals surface area contributed by atoms with Gasteiger partial charge in [0.05, 0.1) is 5.92 Å². The van der Waals surface area contributed by atoms with Gasteiger partial charge in [-0.05, 0) is 19.8 Å². The van der Waals surface area contributed by atoms with Gasteiger partial charge < -0.3 is 11.1 Å². The summed E-state index contributed by atoms with van der Waals surface area (Å²) in [5, 5.41) is 7.07. The Morgan fingerprint density at radius 2 is 2.24 bits per heavy atom. The van der Waals surface area contributed by atoms with E-state index in [2.05, 4.69) is 10.4 Å². The molecule has 1 amide bonds. The summed E-state index contributed by atoms with van der Waals surface area (Å²) < 4.78 is 1.75. The molecule has 1 fully saturated rings. The van der Waals surface area contributed by atoms with Crippen molar-refractivity contribution in [1.82, 2.24) is 9.78 Å². The van der Waals surface area contributed by atoms with Gasteiger partial charge in [-0.3, -0.25) is 9.48 Å². The Bertz CT molecular complexity index is 393. The van der Waals surface area contributed by atoms with Crippen LogP contribution in [0, 0.1) is 12.8 Å². The van der Waals surface area contributed by atoms with Crippen molar-refractivity contribution in [3.8, 4) is 0 Å². The third-order valence-corrected chi connectivity index (χ3v) is 3.52. The van der Waals surface area contributed by atoms with Crippen LogP contribution in [-0.2, 0) is 11.8 Å². The molecule has 0 spiro atoms. The largest absolute Gasteiger partial charge is 0.327 e. The first-order valence-corrected chi connectivity index (χ1v) is 6.15. The molecule has 0 saturated heterocycles. The number of amides is 1. The molecule has 0 aliphatic heterocycles. The number of rotatable bonds is 2. The number of carbonyl (C=O) groups excluding carboxylic acids is 1. The number of anilines is 1. The highest BCUT2D eigenvalue weighted by molar-refractivity contribution is 5.92. The molecule has 2 rings (SSSR count). The summed E-state index contributed by atoms with van der Waals surface area (Å²) in [5.41, 5.74) is 7.00. The second-order valence-electron chi connectivity index (χ2n) is 4.84. The summed E-state index contributed by atoms with van der Waals surface area (Å²) >= 11 is 0. The molecule has 5 nitrogen and oxygen atoms in total. The lowest BCUT2D eigenvalue weighted by Crippen LogP contribution is -2.40. The van der Waals surface area contributed by atoms with Gasteiger partial charge in [0.1, 0.15) is 0 Å². The fraction of sp³-hybridized carbons (Fsp3) is 0.667. The summed E-state index contributed by atoms with van der Waals surface area (Å²) in [6, 6.07) is 1.86. The molecule has 0 bridgehead atoms. The maximum Gasteiger partial charge on any atom is 0.230 e. The van der Waals surface area contributed by atoms with E-state index < -0.39 is 0 Å². The summed E-state index contributed by atoms with van der Waals surface area (Å²) in [4.78, 5) is 12.1. The smallest absolute Gasteiger partial charge is 0.230 e. The van der Waals surface area contributed by atoms with Crippen LogP contribution in [0.1, 0.15) is 31.4 Å². The first-order chi connectivity index (χ1) is 8.08. The Hall–Kier alpha value is -1.36. The molecule has 94 valence electrons. The number of aryl methyl sites for hydroxylation is 2. The Kier molecular flexibility index (Phi) is 3.47. The molecular formula is C12H20N4O. The Labute approximate surface area is 101 Å². The normalized spacial score (nSPS) is 24.6. The van der Waals surface area contributed by atoms with Crippen LogP contribution in [0.4, 0.5) is 5.82 Å². The van der Waals surface area contributed by atoms with Gasteiger partial charge >= 0.3 is 0 Å². The van der Waals surface area contributed by atoms with Gasteiger partial charge in [-0.25, -0.2) is 0 Å². The zero-order valence-corrected chi connectivity index (χ0v) is 10.4. The van der Waals surface area contributed by atoms with Gasteiger partial charge in [0, 0.05) is 24.8 Å². The molecular weight excluding hydrogens is 216 g/mol. The summed E-state index contributed by atoms with van der Waals surface area (Å²) in [6.45, 7) is 1.95. The van der Waals surface area contributed by atoms with E-state index >= 15 is 0 Å². The molecule has 5 heteroatoms. The van der Waals surface area contributed by atoms with Crippen molar-refractivity contribution in [3.63, 3.8) is 0 Å². The van der Waals surface area contributed by atoms with Crippen LogP contribution >= 0.6 is 0 Å². The number of nitrogens with two attached hydrogens (primary N) is 1. The van der Waals surface area contributed by atoms with E-state index in [0.29, 0.717) is 5.82 Å². The van der Waals surface area contributed by atoms with Gasteiger partial charge in [0.25, 0.3) is 0 Å². The molecule has 2 unspecified atom stereocenters. The molecule has 1 aromatic rings. The molecule has 1 aromatic heterocycles. The van der Waals surface area contributed by atoms with E-state index in [0.717, 1.165) is 31.4 Å². The third kappa shape index (κ3) is 2.66. The van der Waals surface area contributed by atoms with Crippen molar-refractivity contribution in [2.75, 3.05) is 5.32 Å². The first kappa shape index (κ1) is 12.1. The number of hydrogen-bond donors (Lipinski definition) is 2. The molecule has 1 saturated carbocycles. The van der Waals surface area contributed by atoms with E-state index in [4.69, 9.17) is 5.73 Å². The quantitative estimate of drug-likeness (QED) is 0.810. The molecule has 0 radical (unpaired) electrons. The van der Waals surface area contributed by atoms with Crippen molar-refractivity contribution in [2.45, 2.75) is 38.6 Å². The van der Waals surface area contributed by atoms with Crippen LogP contribution in [0.2, 0.25) is 0 Å². The topological polar surface area (TPSA) is 72.9 Å². The number of nitrogens with one attached hydrogen (secondary N) is 1. The van der Waals surface area contributed by atoms with E-state index in [-0.39, 0.29) is 17.9 Å². The van der Waals surface area contributed by atoms with Crippen LogP contribution in [0.3, 0.4) is 0 Å². The van der Waals surface area contributed by atoms with Gasteiger partial charge in [-0.15, -0.1) is 0 Å². The second-order valence-corrected chi connectivity index (χ2v) is 4.84. The minimum absolute atomic E-state index is 0.00596. The third-order valence-electron chi connectivity index (χ3n) is 3.52. The fourth-order valence-electron chi connectivity index (χ4n) is 2.33. The van der Waals surface area contributed by atoms with Crippen molar-refractivity contribution >= 4 is 11.7 Å². The van der Waals surface area contributed by atoms with Crippen LogP contribution in [0.15, 0.2) is 6.07 Å². The first-order valence-electron chi connectivity index (χ1n) is 6.15. The summed E-state index contributed by atoms with van der Waals surface area (Å²) in [6.07, 6.45) is 4.05. The minimum atomic E-state index is -0.0638. The maximum absolute atomic E-state index is 12.1. The van der Waals surface area contributed by atoms with Crippen LogP contribution in [0.5, 0.6) is 0 Å². The molecule has 0 aromatic carbocycles. The van der Waals surface area contributed by atoms with Gasteiger partial charge in [-0.2, -0.15) is 5.10 Å². The number of hydrogen-bond acceptors (Lipinski definition) is 3. The number of nitrogens with zero attached hydrogens (tertiary/aromatic N) is 2. The minimum Gasteiger partial charge on any atom is -0.327 e. The molecule has 1 aliphatic rings. The highest BCUT2D eigenvalue weighted by Gasteiger charge is 2.28. The number of carbonyl (C=O) groups is 1. The van der Waals surface area contributed by atoms with Gasteiger partial charge in [0.15, 0.2) is 5.82 Å². The van der Waals surface area contributed by atoms with Gasteiger partial charge in [-0.1, -0.05) is 12.8 Å². The Morgan fingerprint density at radius 1 is 1.53 bits per heavy atom. The monoisotopic (exact) mass is 236 g/mol. The lowest BCUT2D eigenvalue weighted by atomic mass is 9.84. The van der Waals surface area contributed by atoms with Crippen molar-refractivity contribution in [2.24, 2.45) is 18.7 Å². The second kappa shape index (κ2) is 4.87. The average Bonchev–Trinajstić information content (AvgIpc) is 2.58. The predicted octanol–water partition coefficient (Wildman–Crippen LogP) is 1.18. The van der Waals surface area contributed by atoms with E-state index in [1.54, 1.807) is 4.68 Å². The zero-order valence-electron chi connectivity index (χ0n) is 10.4. The lowest BCUT2D eigenvalue weighted by Gasteiger charge is -2.26. The Balaban J connectivity index is 2.00. The molecule has 1 heterocycles. The standard InChI is InChI=1S/C12H20N4O/c1-8-7-11(15-16(8)2)14-12(17)9-5-3-4-6-10(9)13/h7,9-10H,3-6,13H2,1-2H3,(H,14,15,17). The number of aromatic nitrogens is 2. The summed E-state index contributed by atoms with van der Waals surface area (Å²) in [7, 11) is 1.86.